The smallest absolute Gasteiger partial charge is 0.241 e. The second-order valence-electron chi connectivity index (χ2n) is 4.52. The van der Waals surface area contributed by atoms with E-state index >= 15 is 0 Å². The van der Waals surface area contributed by atoms with Crippen LogP contribution in [0.4, 0.5) is 5.69 Å². The molecule has 0 saturated carbocycles. The molecule has 0 heterocycles. The summed E-state index contributed by atoms with van der Waals surface area (Å²) in [6.45, 7) is 5.45. The number of nitrogens with two attached hydrogens (primary N) is 1. The summed E-state index contributed by atoms with van der Waals surface area (Å²) >= 11 is 0. The third-order valence-corrected chi connectivity index (χ3v) is 2.69. The van der Waals surface area contributed by atoms with Gasteiger partial charge in [-0.1, -0.05) is 32.0 Å². The number of anilines is 1. The van der Waals surface area contributed by atoms with Crippen LogP contribution in [-0.2, 0) is 4.79 Å². The zero-order valence-corrected chi connectivity index (χ0v) is 10.5. The Morgan fingerprint density at radius 3 is 2.41 bits per heavy atom. The largest absolute Gasteiger partial charge is 0.389 e. The molecule has 94 valence electrons. The number of para-hydroxylation sites is 1. The van der Waals surface area contributed by atoms with Crippen molar-refractivity contribution in [3.05, 3.63) is 29.8 Å². The van der Waals surface area contributed by atoms with Crippen LogP contribution in [0, 0.1) is 5.92 Å². The van der Waals surface area contributed by atoms with E-state index in [0.717, 1.165) is 0 Å². The zero-order chi connectivity index (χ0) is 13.0. The molecule has 1 amide bonds. The monoisotopic (exact) mass is 236 g/mol. The van der Waals surface area contributed by atoms with Crippen LogP contribution in [0.5, 0.6) is 0 Å². The Morgan fingerprint density at radius 1 is 1.29 bits per heavy atom. The molecule has 0 aromatic heterocycles. The summed E-state index contributed by atoms with van der Waals surface area (Å²) in [6.07, 6.45) is -0.623. The van der Waals surface area contributed by atoms with Crippen molar-refractivity contribution in [2.45, 2.75) is 32.9 Å². The molecule has 0 spiro atoms. The summed E-state index contributed by atoms with van der Waals surface area (Å²) in [4.78, 5) is 11.8. The number of hydrogen-bond donors (Lipinski definition) is 3. The number of hydrogen-bond acceptors (Lipinski definition) is 3. The molecular formula is C13H20N2O2. The molecule has 0 aliphatic rings. The third-order valence-electron chi connectivity index (χ3n) is 2.69. The van der Waals surface area contributed by atoms with Crippen LogP contribution in [0.1, 0.15) is 32.4 Å². The molecule has 0 radical (unpaired) electrons. The summed E-state index contributed by atoms with van der Waals surface area (Å²) in [5.74, 6) is -0.151. The van der Waals surface area contributed by atoms with Crippen LogP contribution in [0.3, 0.4) is 0 Å². The van der Waals surface area contributed by atoms with Crippen LogP contribution in [0.25, 0.3) is 0 Å². The van der Waals surface area contributed by atoms with Gasteiger partial charge < -0.3 is 16.2 Å². The molecule has 2 unspecified atom stereocenters. The van der Waals surface area contributed by atoms with E-state index < -0.39 is 12.1 Å². The standard InChI is InChI=1S/C13H20N2O2/c1-8(2)12(14)13(17)15-11-7-5-4-6-10(11)9(3)16/h4-9,12,16H,14H2,1-3H3,(H,15,17). The second kappa shape index (κ2) is 5.80. The average Bonchev–Trinajstić information content (AvgIpc) is 2.28. The summed E-state index contributed by atoms with van der Waals surface area (Å²) < 4.78 is 0. The van der Waals surface area contributed by atoms with Gasteiger partial charge in [-0.2, -0.15) is 0 Å². The molecular weight excluding hydrogens is 216 g/mol. The minimum atomic E-state index is -0.623. The lowest BCUT2D eigenvalue weighted by atomic mass is 10.0. The van der Waals surface area contributed by atoms with E-state index in [9.17, 15) is 9.90 Å². The van der Waals surface area contributed by atoms with E-state index in [4.69, 9.17) is 5.73 Å². The molecule has 17 heavy (non-hydrogen) atoms. The maximum atomic E-state index is 11.8. The van der Waals surface area contributed by atoms with Gasteiger partial charge in [0.15, 0.2) is 0 Å². The van der Waals surface area contributed by atoms with Crippen LogP contribution >= 0.6 is 0 Å². The lowest BCUT2D eigenvalue weighted by Crippen LogP contribution is -2.39. The van der Waals surface area contributed by atoms with Gasteiger partial charge in [0.05, 0.1) is 12.1 Å². The minimum Gasteiger partial charge on any atom is -0.389 e. The Hall–Kier alpha value is -1.39. The summed E-state index contributed by atoms with van der Waals surface area (Å²) in [7, 11) is 0. The van der Waals surface area contributed by atoms with E-state index in [0.29, 0.717) is 11.3 Å². The third kappa shape index (κ3) is 3.54. The lowest BCUT2D eigenvalue weighted by molar-refractivity contribution is -0.118. The van der Waals surface area contributed by atoms with Gasteiger partial charge in [-0.3, -0.25) is 4.79 Å². The van der Waals surface area contributed by atoms with E-state index in [-0.39, 0.29) is 11.8 Å². The number of amides is 1. The number of aliphatic hydroxyl groups excluding tert-OH is 1. The first-order valence-electron chi connectivity index (χ1n) is 5.77. The SMILES string of the molecule is CC(O)c1ccccc1NC(=O)C(N)C(C)C. The fraction of sp³-hybridized carbons (Fsp3) is 0.462. The van der Waals surface area contributed by atoms with Crippen molar-refractivity contribution in [1.82, 2.24) is 0 Å². The zero-order valence-electron chi connectivity index (χ0n) is 10.5. The molecule has 0 saturated heterocycles. The fourth-order valence-corrected chi connectivity index (χ4v) is 1.49. The molecule has 4 heteroatoms. The Bertz CT molecular complexity index is 389. The molecule has 2 atom stereocenters. The first-order valence-corrected chi connectivity index (χ1v) is 5.77. The number of carbonyl (C=O) groups excluding carboxylic acids is 1. The van der Waals surface area contributed by atoms with Crippen LogP contribution in [0.2, 0.25) is 0 Å². The van der Waals surface area contributed by atoms with Crippen LogP contribution in [-0.4, -0.2) is 17.1 Å². The molecule has 1 aromatic rings. The van der Waals surface area contributed by atoms with Crippen molar-refractivity contribution in [2.75, 3.05) is 5.32 Å². The number of aliphatic hydroxyl groups is 1. The van der Waals surface area contributed by atoms with Gasteiger partial charge >= 0.3 is 0 Å². The first kappa shape index (κ1) is 13.7. The lowest BCUT2D eigenvalue weighted by Gasteiger charge is -2.18. The predicted octanol–water partition coefficient (Wildman–Crippen LogP) is 1.66. The molecule has 0 fully saturated rings. The van der Waals surface area contributed by atoms with Gasteiger partial charge in [0.2, 0.25) is 5.91 Å². The number of rotatable bonds is 4. The molecule has 0 bridgehead atoms. The second-order valence-corrected chi connectivity index (χ2v) is 4.52. The first-order chi connectivity index (χ1) is 7.93. The molecule has 4 nitrogen and oxygen atoms in total. The number of nitrogens with one attached hydrogen (secondary N) is 1. The Kier molecular flexibility index (Phi) is 4.66. The van der Waals surface area contributed by atoms with Gasteiger partial charge in [0.25, 0.3) is 0 Å². The summed E-state index contributed by atoms with van der Waals surface area (Å²) in [5.41, 5.74) is 7.07. The normalized spacial score (nSPS) is 14.5. The van der Waals surface area contributed by atoms with Crippen LogP contribution < -0.4 is 11.1 Å². The Balaban J connectivity index is 2.85. The van der Waals surface area contributed by atoms with Gasteiger partial charge in [-0.25, -0.2) is 0 Å². The number of benzene rings is 1. The molecule has 0 aliphatic heterocycles. The minimum absolute atomic E-state index is 0.0775. The van der Waals surface area contributed by atoms with Crippen molar-refractivity contribution in [2.24, 2.45) is 11.7 Å². The van der Waals surface area contributed by atoms with Crippen molar-refractivity contribution in [3.8, 4) is 0 Å². The van der Waals surface area contributed by atoms with Crippen molar-refractivity contribution in [1.29, 1.82) is 0 Å². The van der Waals surface area contributed by atoms with Crippen molar-refractivity contribution >= 4 is 11.6 Å². The summed E-state index contributed by atoms with van der Waals surface area (Å²) in [5, 5.41) is 12.3. The number of carbonyl (C=O) groups is 1. The highest BCUT2D eigenvalue weighted by Crippen LogP contribution is 2.22. The van der Waals surface area contributed by atoms with Crippen molar-refractivity contribution < 1.29 is 9.90 Å². The van der Waals surface area contributed by atoms with E-state index in [1.807, 2.05) is 26.0 Å². The fourth-order valence-electron chi connectivity index (χ4n) is 1.49. The van der Waals surface area contributed by atoms with E-state index in [2.05, 4.69) is 5.32 Å². The summed E-state index contributed by atoms with van der Waals surface area (Å²) in [6, 6.07) is 6.62. The van der Waals surface area contributed by atoms with Gasteiger partial charge in [0.1, 0.15) is 0 Å². The average molecular weight is 236 g/mol. The van der Waals surface area contributed by atoms with Crippen LogP contribution in [0.15, 0.2) is 24.3 Å². The maximum Gasteiger partial charge on any atom is 0.241 e. The Labute approximate surface area is 102 Å². The molecule has 1 rings (SSSR count). The Morgan fingerprint density at radius 2 is 1.88 bits per heavy atom. The molecule has 4 N–H and O–H groups in total. The molecule has 0 aliphatic carbocycles. The predicted molar refractivity (Wildman–Crippen MR) is 68.5 cm³/mol. The van der Waals surface area contributed by atoms with Gasteiger partial charge in [0, 0.05) is 11.3 Å². The maximum absolute atomic E-state index is 11.8. The van der Waals surface area contributed by atoms with Gasteiger partial charge in [-0.15, -0.1) is 0 Å². The quantitative estimate of drug-likeness (QED) is 0.744. The highest BCUT2D eigenvalue weighted by Gasteiger charge is 2.18. The van der Waals surface area contributed by atoms with E-state index in [1.54, 1.807) is 19.1 Å². The van der Waals surface area contributed by atoms with Crippen molar-refractivity contribution in [3.63, 3.8) is 0 Å². The highest BCUT2D eigenvalue weighted by molar-refractivity contribution is 5.95. The van der Waals surface area contributed by atoms with Gasteiger partial charge in [-0.05, 0) is 18.9 Å². The topological polar surface area (TPSA) is 75.3 Å². The highest BCUT2D eigenvalue weighted by atomic mass is 16.3. The molecule has 1 aromatic carbocycles. The van der Waals surface area contributed by atoms with E-state index in [1.165, 1.54) is 0 Å².